The summed E-state index contributed by atoms with van der Waals surface area (Å²) in [5.41, 5.74) is 6.80. The van der Waals surface area contributed by atoms with Gasteiger partial charge in [-0.05, 0) is 25.5 Å². The van der Waals surface area contributed by atoms with Crippen LogP contribution >= 0.6 is 15.9 Å². The topological polar surface area (TPSA) is 64.4 Å². The highest BCUT2D eigenvalue weighted by Crippen LogP contribution is 2.26. The largest absolute Gasteiger partial charge is 0.380 e. The van der Waals surface area contributed by atoms with Gasteiger partial charge in [0.1, 0.15) is 0 Å². The highest BCUT2D eigenvalue weighted by atomic mass is 79.9. The van der Waals surface area contributed by atoms with E-state index in [4.69, 9.17) is 10.5 Å². The first-order valence-corrected chi connectivity index (χ1v) is 7.08. The molecule has 0 radical (unpaired) electrons. The predicted molar refractivity (Wildman–Crippen MR) is 81.0 cm³/mol. The number of carbonyl (C=O) groups excluding carboxylic acids is 1. The van der Waals surface area contributed by atoms with Gasteiger partial charge in [-0.15, -0.1) is 0 Å². The molecular formula is C14H21BrN2O2. The van der Waals surface area contributed by atoms with Crippen molar-refractivity contribution in [3.63, 3.8) is 0 Å². The van der Waals surface area contributed by atoms with Crippen LogP contribution in [0.5, 0.6) is 0 Å². The number of ether oxygens (including phenoxy) is 1. The van der Waals surface area contributed by atoms with Crippen molar-refractivity contribution < 1.29 is 9.53 Å². The lowest BCUT2D eigenvalue weighted by Crippen LogP contribution is -2.48. The second-order valence-electron chi connectivity index (χ2n) is 4.82. The second-order valence-corrected chi connectivity index (χ2v) is 5.67. The molecule has 1 rings (SSSR count). The van der Waals surface area contributed by atoms with Gasteiger partial charge in [0.15, 0.2) is 0 Å². The van der Waals surface area contributed by atoms with Crippen LogP contribution in [0.25, 0.3) is 0 Å². The Hall–Kier alpha value is -0.910. The van der Waals surface area contributed by atoms with Crippen LogP contribution in [-0.4, -0.2) is 18.6 Å². The number of benzene rings is 1. The molecule has 0 aliphatic carbocycles. The number of amides is 1. The van der Waals surface area contributed by atoms with Gasteiger partial charge < -0.3 is 15.8 Å². The Kier molecular flexibility index (Phi) is 5.97. The minimum atomic E-state index is -0.860. The molecule has 1 amide bonds. The number of carbonyl (C=O) groups is 1. The van der Waals surface area contributed by atoms with Crippen molar-refractivity contribution in [2.24, 2.45) is 5.73 Å². The van der Waals surface area contributed by atoms with Crippen LogP contribution in [0.3, 0.4) is 0 Å². The van der Waals surface area contributed by atoms with Crippen molar-refractivity contribution in [1.29, 1.82) is 0 Å². The monoisotopic (exact) mass is 328 g/mol. The van der Waals surface area contributed by atoms with E-state index in [1.807, 2.05) is 25.1 Å². The number of methoxy groups -OCH3 is 1. The average Bonchev–Trinajstić information content (AvgIpc) is 2.33. The number of nitrogens with two attached hydrogens (primary N) is 1. The molecule has 0 heterocycles. The number of hydrogen-bond acceptors (Lipinski definition) is 3. The molecule has 0 saturated carbocycles. The molecule has 4 nitrogen and oxygen atoms in total. The first kappa shape index (κ1) is 16.1. The number of nitrogens with one attached hydrogen (secondary N) is 1. The zero-order valence-electron chi connectivity index (χ0n) is 11.6. The van der Waals surface area contributed by atoms with Crippen LogP contribution < -0.4 is 11.1 Å². The normalized spacial score (nSPS) is 13.9. The summed E-state index contributed by atoms with van der Waals surface area (Å²) >= 11 is 3.46. The zero-order chi connectivity index (χ0) is 14.5. The third-order valence-corrected chi connectivity index (χ3v) is 3.69. The molecule has 106 valence electrons. The molecule has 5 heteroatoms. The fraction of sp³-hybridized carbons (Fsp3) is 0.500. The van der Waals surface area contributed by atoms with Gasteiger partial charge >= 0.3 is 0 Å². The molecule has 0 aliphatic rings. The van der Waals surface area contributed by atoms with E-state index >= 15 is 0 Å². The summed E-state index contributed by atoms with van der Waals surface area (Å²) in [5.74, 6) is -0.176. The second kappa shape index (κ2) is 7.03. The van der Waals surface area contributed by atoms with Crippen molar-refractivity contribution in [2.75, 3.05) is 12.4 Å². The quantitative estimate of drug-likeness (QED) is 0.843. The molecular weight excluding hydrogens is 308 g/mol. The Morgan fingerprint density at radius 3 is 2.79 bits per heavy atom. The SMILES string of the molecule is CCCC(C)(N)C(=O)Nc1cccc(Br)c1COC. The molecule has 0 saturated heterocycles. The zero-order valence-corrected chi connectivity index (χ0v) is 13.2. The van der Waals surface area contributed by atoms with Crippen molar-refractivity contribution in [3.05, 3.63) is 28.2 Å². The lowest BCUT2D eigenvalue weighted by Gasteiger charge is -2.24. The standard InChI is InChI=1S/C14H21BrN2O2/c1-4-8-14(2,16)13(18)17-12-7-5-6-11(15)10(12)9-19-3/h5-7H,4,8-9,16H2,1-3H3,(H,17,18). The summed E-state index contributed by atoms with van der Waals surface area (Å²) in [7, 11) is 1.62. The molecule has 1 atom stereocenters. The highest BCUT2D eigenvalue weighted by molar-refractivity contribution is 9.10. The molecule has 0 aromatic heterocycles. The fourth-order valence-corrected chi connectivity index (χ4v) is 2.35. The molecule has 3 N–H and O–H groups in total. The number of rotatable bonds is 6. The number of anilines is 1. The first-order chi connectivity index (χ1) is 8.92. The van der Waals surface area contributed by atoms with Crippen LogP contribution in [0.1, 0.15) is 32.3 Å². The third kappa shape index (κ3) is 4.30. The van der Waals surface area contributed by atoms with Gasteiger partial charge in [0.25, 0.3) is 0 Å². The third-order valence-electron chi connectivity index (χ3n) is 2.94. The molecule has 0 aliphatic heterocycles. The lowest BCUT2D eigenvalue weighted by atomic mass is 9.96. The van der Waals surface area contributed by atoms with E-state index in [1.54, 1.807) is 14.0 Å². The Balaban J connectivity index is 2.93. The molecule has 1 unspecified atom stereocenters. The Labute approximate surface area is 122 Å². The molecule has 0 spiro atoms. The van der Waals surface area contributed by atoms with Crippen LogP contribution in [-0.2, 0) is 16.1 Å². The van der Waals surface area contributed by atoms with Gasteiger partial charge in [0.2, 0.25) is 5.91 Å². The van der Waals surface area contributed by atoms with E-state index in [9.17, 15) is 4.79 Å². The van der Waals surface area contributed by atoms with Crippen molar-refractivity contribution in [2.45, 2.75) is 38.8 Å². The van der Waals surface area contributed by atoms with Crippen LogP contribution in [0.2, 0.25) is 0 Å². The van der Waals surface area contributed by atoms with E-state index in [0.29, 0.717) is 13.0 Å². The van der Waals surface area contributed by atoms with Crippen molar-refractivity contribution >= 4 is 27.5 Å². The summed E-state index contributed by atoms with van der Waals surface area (Å²) in [5, 5.41) is 2.89. The van der Waals surface area contributed by atoms with E-state index in [-0.39, 0.29) is 5.91 Å². The van der Waals surface area contributed by atoms with Crippen molar-refractivity contribution in [1.82, 2.24) is 0 Å². The summed E-state index contributed by atoms with van der Waals surface area (Å²) < 4.78 is 6.06. The minimum absolute atomic E-state index is 0.176. The average molecular weight is 329 g/mol. The van der Waals surface area contributed by atoms with Gasteiger partial charge in [-0.25, -0.2) is 0 Å². The van der Waals surface area contributed by atoms with Crippen LogP contribution in [0.15, 0.2) is 22.7 Å². The Morgan fingerprint density at radius 2 is 2.21 bits per heavy atom. The molecule has 1 aromatic carbocycles. The van der Waals surface area contributed by atoms with Crippen molar-refractivity contribution in [3.8, 4) is 0 Å². The summed E-state index contributed by atoms with van der Waals surface area (Å²) in [6, 6.07) is 5.63. The summed E-state index contributed by atoms with van der Waals surface area (Å²) in [6.07, 6.45) is 1.51. The number of halogens is 1. The smallest absolute Gasteiger partial charge is 0.244 e. The van der Waals surface area contributed by atoms with Gasteiger partial charge in [-0.3, -0.25) is 4.79 Å². The van der Waals surface area contributed by atoms with Gasteiger partial charge in [-0.1, -0.05) is 35.3 Å². The molecule has 1 aromatic rings. The molecule has 0 bridgehead atoms. The maximum atomic E-state index is 12.2. The highest BCUT2D eigenvalue weighted by Gasteiger charge is 2.27. The lowest BCUT2D eigenvalue weighted by molar-refractivity contribution is -0.120. The molecule has 0 fully saturated rings. The Morgan fingerprint density at radius 1 is 1.53 bits per heavy atom. The van der Waals surface area contributed by atoms with E-state index in [2.05, 4.69) is 21.2 Å². The van der Waals surface area contributed by atoms with Gasteiger partial charge in [0.05, 0.1) is 12.1 Å². The molecule has 19 heavy (non-hydrogen) atoms. The van der Waals surface area contributed by atoms with E-state index < -0.39 is 5.54 Å². The number of hydrogen-bond donors (Lipinski definition) is 2. The van der Waals surface area contributed by atoms with Gasteiger partial charge in [0, 0.05) is 22.8 Å². The summed E-state index contributed by atoms with van der Waals surface area (Å²) in [6.45, 7) is 4.18. The summed E-state index contributed by atoms with van der Waals surface area (Å²) in [4.78, 5) is 12.2. The van der Waals surface area contributed by atoms with E-state index in [1.165, 1.54) is 0 Å². The first-order valence-electron chi connectivity index (χ1n) is 6.29. The minimum Gasteiger partial charge on any atom is -0.380 e. The van der Waals surface area contributed by atoms with Crippen LogP contribution in [0.4, 0.5) is 5.69 Å². The van der Waals surface area contributed by atoms with E-state index in [0.717, 1.165) is 22.1 Å². The maximum Gasteiger partial charge on any atom is 0.244 e. The van der Waals surface area contributed by atoms with Gasteiger partial charge in [-0.2, -0.15) is 0 Å². The predicted octanol–water partition coefficient (Wildman–Crippen LogP) is 3.05. The van der Waals surface area contributed by atoms with Crippen LogP contribution in [0, 0.1) is 0 Å². The maximum absolute atomic E-state index is 12.2. The Bertz CT molecular complexity index is 447. The fourth-order valence-electron chi connectivity index (χ4n) is 1.86.